The summed E-state index contributed by atoms with van der Waals surface area (Å²) in [5.41, 5.74) is 3.30. The second kappa shape index (κ2) is 11.2. The number of carboxylic acids is 1. The summed E-state index contributed by atoms with van der Waals surface area (Å²) in [6.07, 6.45) is 1.51. The molecule has 1 aliphatic rings. The molecule has 0 heterocycles. The molecule has 0 radical (unpaired) electrons. The van der Waals surface area contributed by atoms with Gasteiger partial charge in [0.2, 0.25) is 5.91 Å². The highest BCUT2D eigenvalue weighted by Gasteiger charge is 2.36. The number of rotatable bonds is 11. The number of carboxylic acid groups (broad SMARTS) is 1. The van der Waals surface area contributed by atoms with Crippen molar-refractivity contribution in [3.05, 3.63) is 59.7 Å². The van der Waals surface area contributed by atoms with Crippen LogP contribution in [0.1, 0.15) is 69.9 Å². The molecule has 182 valence electrons. The van der Waals surface area contributed by atoms with Gasteiger partial charge in [-0.1, -0.05) is 75.2 Å². The summed E-state index contributed by atoms with van der Waals surface area (Å²) in [6, 6.07) is 15.7. The first-order chi connectivity index (χ1) is 16.3. The fourth-order valence-corrected chi connectivity index (χ4v) is 4.72. The summed E-state index contributed by atoms with van der Waals surface area (Å²) in [4.78, 5) is 37.0. The van der Waals surface area contributed by atoms with Crippen molar-refractivity contribution in [2.75, 3.05) is 6.61 Å². The Kier molecular flexibility index (Phi) is 8.31. The van der Waals surface area contributed by atoms with E-state index in [1.165, 1.54) is 0 Å². The Hall–Kier alpha value is -3.35. The van der Waals surface area contributed by atoms with Gasteiger partial charge < -0.3 is 20.5 Å². The minimum Gasteiger partial charge on any atom is -0.481 e. The second-order valence-electron chi connectivity index (χ2n) is 9.09. The molecule has 7 heteroatoms. The van der Waals surface area contributed by atoms with E-state index in [-0.39, 0.29) is 18.9 Å². The van der Waals surface area contributed by atoms with E-state index >= 15 is 0 Å². The van der Waals surface area contributed by atoms with Crippen molar-refractivity contribution in [2.24, 2.45) is 0 Å². The highest BCUT2D eigenvalue weighted by molar-refractivity contribution is 5.90. The minimum absolute atomic E-state index is 0.0751. The molecule has 2 aromatic carbocycles. The molecule has 0 fully saturated rings. The van der Waals surface area contributed by atoms with Gasteiger partial charge in [-0.15, -0.1) is 0 Å². The van der Waals surface area contributed by atoms with E-state index in [0.717, 1.165) is 28.7 Å². The van der Waals surface area contributed by atoms with E-state index in [2.05, 4.69) is 22.8 Å². The Balaban J connectivity index is 1.68. The van der Waals surface area contributed by atoms with Gasteiger partial charge >= 0.3 is 12.1 Å². The second-order valence-corrected chi connectivity index (χ2v) is 9.09. The van der Waals surface area contributed by atoms with Crippen LogP contribution in [0.2, 0.25) is 0 Å². The first kappa shape index (κ1) is 25.3. The number of fused-ring (bicyclic) bond motifs is 3. The number of aliphatic carboxylic acids is 1. The molecule has 34 heavy (non-hydrogen) atoms. The lowest BCUT2D eigenvalue weighted by atomic mass is 9.94. The van der Waals surface area contributed by atoms with Crippen LogP contribution in [0, 0.1) is 0 Å². The van der Waals surface area contributed by atoms with Crippen molar-refractivity contribution >= 4 is 18.0 Å². The van der Waals surface area contributed by atoms with Gasteiger partial charge in [0, 0.05) is 12.0 Å². The van der Waals surface area contributed by atoms with Crippen molar-refractivity contribution in [1.29, 1.82) is 0 Å². The molecule has 2 atom stereocenters. The number of benzene rings is 2. The zero-order chi connectivity index (χ0) is 24.7. The molecule has 2 amide bonds. The van der Waals surface area contributed by atoms with Gasteiger partial charge in [-0.05, 0) is 42.0 Å². The molecule has 0 spiro atoms. The van der Waals surface area contributed by atoms with Crippen LogP contribution >= 0.6 is 0 Å². The van der Waals surface area contributed by atoms with Crippen molar-refractivity contribution in [3.63, 3.8) is 0 Å². The Bertz CT molecular complexity index is 992. The molecule has 0 saturated carbocycles. The van der Waals surface area contributed by atoms with Gasteiger partial charge in [0.1, 0.15) is 12.1 Å². The number of alkyl carbamates (subject to hydrolysis) is 1. The molecule has 2 aromatic rings. The molecule has 0 aromatic heterocycles. The molecule has 7 nitrogen and oxygen atoms in total. The smallest absolute Gasteiger partial charge is 0.408 e. The SMILES string of the molecule is CCCC(CC(=O)O)NC(=O)C(C)(CCC)NC(=O)OCC1c2ccccc2-c2ccccc21. The molecule has 1 aliphatic carbocycles. The number of hydrogen-bond acceptors (Lipinski definition) is 4. The largest absolute Gasteiger partial charge is 0.481 e. The lowest BCUT2D eigenvalue weighted by Crippen LogP contribution is -2.58. The van der Waals surface area contributed by atoms with Crippen molar-refractivity contribution in [3.8, 4) is 11.1 Å². The highest BCUT2D eigenvalue weighted by atomic mass is 16.5. The number of amides is 2. The molecule has 0 bridgehead atoms. The summed E-state index contributed by atoms with van der Waals surface area (Å²) < 4.78 is 5.62. The summed E-state index contributed by atoms with van der Waals surface area (Å²) in [7, 11) is 0. The number of carbonyl (C=O) groups is 3. The average molecular weight is 467 g/mol. The van der Waals surface area contributed by atoms with Crippen LogP contribution in [0.5, 0.6) is 0 Å². The number of ether oxygens (including phenoxy) is 1. The Morgan fingerprint density at radius 1 is 1.00 bits per heavy atom. The van der Waals surface area contributed by atoms with E-state index < -0.39 is 29.6 Å². The number of hydrogen-bond donors (Lipinski definition) is 3. The summed E-state index contributed by atoms with van der Waals surface area (Å²) in [6.45, 7) is 5.66. The maximum absolute atomic E-state index is 13.1. The third-order valence-corrected chi connectivity index (χ3v) is 6.37. The van der Waals surface area contributed by atoms with E-state index in [1.54, 1.807) is 6.92 Å². The Morgan fingerprint density at radius 3 is 2.12 bits per heavy atom. The lowest BCUT2D eigenvalue weighted by Gasteiger charge is -2.31. The van der Waals surface area contributed by atoms with Crippen LogP contribution in [-0.2, 0) is 14.3 Å². The maximum Gasteiger partial charge on any atom is 0.408 e. The van der Waals surface area contributed by atoms with Gasteiger partial charge in [0.05, 0.1) is 6.42 Å². The van der Waals surface area contributed by atoms with Crippen molar-refractivity contribution in [2.45, 2.75) is 70.4 Å². The third-order valence-electron chi connectivity index (χ3n) is 6.37. The third kappa shape index (κ3) is 5.76. The van der Waals surface area contributed by atoms with Gasteiger partial charge in [0.25, 0.3) is 0 Å². The fourth-order valence-electron chi connectivity index (χ4n) is 4.72. The zero-order valence-corrected chi connectivity index (χ0v) is 20.1. The van der Waals surface area contributed by atoms with Crippen LogP contribution in [0.15, 0.2) is 48.5 Å². The summed E-state index contributed by atoms with van der Waals surface area (Å²) in [5, 5.41) is 14.7. The maximum atomic E-state index is 13.1. The standard InChI is InChI=1S/C27H34N2O5/c1-4-10-18(16-24(30)31)28-25(32)27(3,15-5-2)29-26(33)34-17-23-21-13-8-6-11-19(21)20-12-7-9-14-22(20)23/h6-9,11-14,18,23H,4-5,10,15-17H2,1-3H3,(H,28,32)(H,29,33)(H,30,31). The van der Waals surface area contributed by atoms with Gasteiger partial charge in [0.15, 0.2) is 0 Å². The topological polar surface area (TPSA) is 105 Å². The molecule has 3 rings (SSSR count). The minimum atomic E-state index is -1.21. The predicted octanol–water partition coefficient (Wildman–Crippen LogP) is 4.84. The zero-order valence-electron chi connectivity index (χ0n) is 20.1. The van der Waals surface area contributed by atoms with Crippen LogP contribution in [0.3, 0.4) is 0 Å². The normalized spacial score (nSPS) is 14.9. The van der Waals surface area contributed by atoms with Crippen LogP contribution in [-0.4, -0.2) is 41.3 Å². The molecule has 0 aliphatic heterocycles. The van der Waals surface area contributed by atoms with Gasteiger partial charge in [-0.3, -0.25) is 9.59 Å². The quantitative estimate of drug-likeness (QED) is 0.439. The summed E-state index contributed by atoms with van der Waals surface area (Å²) >= 11 is 0. The van der Waals surface area contributed by atoms with Crippen molar-refractivity contribution < 1.29 is 24.2 Å². The van der Waals surface area contributed by atoms with Crippen LogP contribution in [0.4, 0.5) is 4.79 Å². The van der Waals surface area contributed by atoms with E-state index in [9.17, 15) is 14.4 Å². The highest BCUT2D eigenvalue weighted by Crippen LogP contribution is 2.44. The first-order valence-corrected chi connectivity index (χ1v) is 11.9. The monoisotopic (exact) mass is 466 g/mol. The molecular weight excluding hydrogens is 432 g/mol. The molecule has 3 N–H and O–H groups in total. The van der Waals surface area contributed by atoms with E-state index in [4.69, 9.17) is 9.84 Å². The molecule has 0 saturated heterocycles. The first-order valence-electron chi connectivity index (χ1n) is 11.9. The molecule has 2 unspecified atom stereocenters. The van der Waals surface area contributed by atoms with Crippen molar-refractivity contribution in [1.82, 2.24) is 10.6 Å². The van der Waals surface area contributed by atoms with Crippen LogP contribution < -0.4 is 10.6 Å². The predicted molar refractivity (Wildman–Crippen MR) is 131 cm³/mol. The number of carbonyl (C=O) groups excluding carboxylic acids is 2. The number of nitrogens with one attached hydrogen (secondary N) is 2. The average Bonchev–Trinajstić information content (AvgIpc) is 3.11. The Labute approximate surface area is 200 Å². The lowest BCUT2D eigenvalue weighted by molar-refractivity contribution is -0.138. The fraction of sp³-hybridized carbons (Fsp3) is 0.444. The van der Waals surface area contributed by atoms with Crippen LogP contribution in [0.25, 0.3) is 11.1 Å². The summed E-state index contributed by atoms with van der Waals surface area (Å²) in [5.74, 6) is -1.45. The molecular formula is C27H34N2O5. The Morgan fingerprint density at radius 2 is 1.59 bits per heavy atom. The van der Waals surface area contributed by atoms with E-state index in [0.29, 0.717) is 19.3 Å². The van der Waals surface area contributed by atoms with E-state index in [1.807, 2.05) is 50.2 Å². The van der Waals surface area contributed by atoms with Gasteiger partial charge in [-0.2, -0.15) is 0 Å². The van der Waals surface area contributed by atoms with Gasteiger partial charge in [-0.25, -0.2) is 4.79 Å².